The first kappa shape index (κ1) is 13.4. The molecule has 0 aliphatic rings. The largest absolute Gasteiger partial charge is 0.370 e. The molecule has 0 spiro atoms. The molecule has 2 rings (SSSR count). The predicted octanol–water partition coefficient (Wildman–Crippen LogP) is 5.10. The normalized spacial score (nSPS) is 11.2. The number of aromatic nitrogens is 1. The maximum atomic E-state index is 6.22. The van der Waals surface area contributed by atoms with Crippen LogP contribution in [0.3, 0.4) is 0 Å². The van der Waals surface area contributed by atoms with Crippen molar-refractivity contribution in [2.45, 2.75) is 26.7 Å². The van der Waals surface area contributed by atoms with Gasteiger partial charge in [0.1, 0.15) is 5.82 Å². The van der Waals surface area contributed by atoms with Crippen LogP contribution in [0.15, 0.2) is 18.2 Å². The number of nitrogens with zero attached hydrogens (tertiary/aromatic N) is 1. The van der Waals surface area contributed by atoms with Crippen LogP contribution in [0.5, 0.6) is 0 Å². The number of rotatable bonds is 3. The van der Waals surface area contributed by atoms with Gasteiger partial charge in [-0.15, -0.1) is 0 Å². The summed E-state index contributed by atoms with van der Waals surface area (Å²) in [5.74, 6) is 1.31. The molecule has 2 aromatic rings. The van der Waals surface area contributed by atoms with Gasteiger partial charge in [0.05, 0.1) is 10.5 Å². The third-order valence-corrected chi connectivity index (χ3v) is 3.38. The molecular formula is C14H16Cl2N2. The summed E-state index contributed by atoms with van der Waals surface area (Å²) >= 11 is 12.2. The molecule has 0 saturated heterocycles. The molecule has 0 radical (unpaired) electrons. The van der Waals surface area contributed by atoms with Gasteiger partial charge in [-0.25, -0.2) is 4.98 Å². The molecule has 1 aromatic carbocycles. The van der Waals surface area contributed by atoms with Crippen molar-refractivity contribution in [1.82, 2.24) is 4.98 Å². The van der Waals surface area contributed by atoms with Crippen LogP contribution in [-0.4, -0.2) is 11.5 Å². The zero-order valence-electron chi connectivity index (χ0n) is 10.7. The van der Waals surface area contributed by atoms with E-state index in [0.717, 1.165) is 23.3 Å². The van der Waals surface area contributed by atoms with Gasteiger partial charge in [0.2, 0.25) is 0 Å². The Morgan fingerprint density at radius 3 is 2.56 bits per heavy atom. The standard InChI is InChI=1S/C14H16Cl2N2/c1-4-17-14-10(8(2)3)7-11-12(16)5-9(15)6-13(11)18-14/h5-8H,4H2,1-3H3,(H,17,18). The molecule has 0 atom stereocenters. The third-order valence-electron chi connectivity index (χ3n) is 2.84. The van der Waals surface area contributed by atoms with Crippen LogP contribution < -0.4 is 5.32 Å². The third kappa shape index (κ3) is 2.55. The molecule has 1 aromatic heterocycles. The second-order valence-electron chi connectivity index (χ2n) is 4.57. The second-order valence-corrected chi connectivity index (χ2v) is 5.41. The van der Waals surface area contributed by atoms with Gasteiger partial charge in [0.15, 0.2) is 0 Å². The van der Waals surface area contributed by atoms with Crippen molar-refractivity contribution in [3.63, 3.8) is 0 Å². The van der Waals surface area contributed by atoms with Crippen molar-refractivity contribution in [2.75, 3.05) is 11.9 Å². The zero-order valence-corrected chi connectivity index (χ0v) is 12.2. The number of benzene rings is 1. The van der Waals surface area contributed by atoms with Crippen molar-refractivity contribution < 1.29 is 0 Å². The van der Waals surface area contributed by atoms with Gasteiger partial charge < -0.3 is 5.32 Å². The second kappa shape index (κ2) is 5.33. The summed E-state index contributed by atoms with van der Waals surface area (Å²) in [5, 5.41) is 5.50. The lowest BCUT2D eigenvalue weighted by Gasteiger charge is -2.15. The maximum absolute atomic E-state index is 6.22. The monoisotopic (exact) mass is 282 g/mol. The number of hydrogen-bond donors (Lipinski definition) is 1. The fourth-order valence-electron chi connectivity index (χ4n) is 1.96. The van der Waals surface area contributed by atoms with Gasteiger partial charge in [-0.1, -0.05) is 37.0 Å². The van der Waals surface area contributed by atoms with Gasteiger partial charge in [0.25, 0.3) is 0 Å². The Balaban J connectivity index is 2.72. The van der Waals surface area contributed by atoms with Crippen LogP contribution >= 0.6 is 23.2 Å². The van der Waals surface area contributed by atoms with E-state index in [0.29, 0.717) is 16.0 Å². The summed E-state index contributed by atoms with van der Waals surface area (Å²) in [4.78, 5) is 4.63. The summed E-state index contributed by atoms with van der Waals surface area (Å²) < 4.78 is 0. The lowest BCUT2D eigenvalue weighted by molar-refractivity contribution is 0.862. The SMILES string of the molecule is CCNc1nc2cc(Cl)cc(Cl)c2cc1C(C)C. The van der Waals surface area contributed by atoms with E-state index in [1.165, 1.54) is 5.56 Å². The lowest BCUT2D eigenvalue weighted by atomic mass is 10.0. The molecule has 0 fully saturated rings. The van der Waals surface area contributed by atoms with Gasteiger partial charge >= 0.3 is 0 Å². The molecule has 96 valence electrons. The molecule has 18 heavy (non-hydrogen) atoms. The number of fused-ring (bicyclic) bond motifs is 1. The van der Waals surface area contributed by atoms with Crippen LogP contribution in [0.1, 0.15) is 32.3 Å². The number of halogens is 2. The molecule has 1 N–H and O–H groups in total. The van der Waals surface area contributed by atoms with E-state index >= 15 is 0 Å². The van der Waals surface area contributed by atoms with E-state index in [2.05, 4.69) is 37.1 Å². The van der Waals surface area contributed by atoms with Crippen molar-refractivity contribution >= 4 is 39.9 Å². The Morgan fingerprint density at radius 2 is 1.94 bits per heavy atom. The lowest BCUT2D eigenvalue weighted by Crippen LogP contribution is -2.05. The fourth-order valence-corrected chi connectivity index (χ4v) is 2.50. The van der Waals surface area contributed by atoms with E-state index in [-0.39, 0.29) is 0 Å². The topological polar surface area (TPSA) is 24.9 Å². The molecule has 0 bridgehead atoms. The smallest absolute Gasteiger partial charge is 0.130 e. The number of pyridine rings is 1. The summed E-state index contributed by atoms with van der Waals surface area (Å²) in [6.07, 6.45) is 0. The van der Waals surface area contributed by atoms with Crippen molar-refractivity contribution in [2.24, 2.45) is 0 Å². The van der Waals surface area contributed by atoms with Gasteiger partial charge in [-0.2, -0.15) is 0 Å². The molecule has 0 saturated carbocycles. The predicted molar refractivity (Wildman–Crippen MR) is 80.0 cm³/mol. The highest BCUT2D eigenvalue weighted by atomic mass is 35.5. The van der Waals surface area contributed by atoms with Crippen LogP contribution in [0, 0.1) is 0 Å². The molecule has 0 unspecified atom stereocenters. The Bertz CT molecular complexity index is 580. The van der Waals surface area contributed by atoms with Crippen LogP contribution in [-0.2, 0) is 0 Å². The molecule has 0 aliphatic carbocycles. The van der Waals surface area contributed by atoms with Crippen molar-refractivity contribution in [3.8, 4) is 0 Å². The van der Waals surface area contributed by atoms with E-state index in [1.54, 1.807) is 6.07 Å². The zero-order chi connectivity index (χ0) is 13.3. The van der Waals surface area contributed by atoms with E-state index in [1.807, 2.05) is 6.07 Å². The van der Waals surface area contributed by atoms with Crippen LogP contribution in [0.4, 0.5) is 5.82 Å². The summed E-state index contributed by atoms with van der Waals surface area (Å²) in [6, 6.07) is 5.70. The Morgan fingerprint density at radius 1 is 1.22 bits per heavy atom. The highest BCUT2D eigenvalue weighted by molar-refractivity contribution is 6.38. The first-order valence-corrected chi connectivity index (χ1v) is 6.82. The molecule has 1 heterocycles. The van der Waals surface area contributed by atoms with E-state index in [9.17, 15) is 0 Å². The Labute approximate surface area is 117 Å². The Hall–Kier alpha value is -0.990. The van der Waals surface area contributed by atoms with Crippen molar-refractivity contribution in [3.05, 3.63) is 33.8 Å². The fraction of sp³-hybridized carbons (Fsp3) is 0.357. The van der Waals surface area contributed by atoms with Gasteiger partial charge in [-0.3, -0.25) is 0 Å². The highest BCUT2D eigenvalue weighted by Crippen LogP contribution is 2.32. The van der Waals surface area contributed by atoms with E-state index in [4.69, 9.17) is 23.2 Å². The summed E-state index contributed by atoms with van der Waals surface area (Å²) in [5.41, 5.74) is 2.00. The molecular weight excluding hydrogens is 267 g/mol. The van der Waals surface area contributed by atoms with E-state index < -0.39 is 0 Å². The minimum atomic E-state index is 0.391. The maximum Gasteiger partial charge on any atom is 0.130 e. The summed E-state index contributed by atoms with van der Waals surface area (Å²) in [7, 11) is 0. The highest BCUT2D eigenvalue weighted by Gasteiger charge is 2.12. The molecule has 0 amide bonds. The molecule has 2 nitrogen and oxygen atoms in total. The summed E-state index contributed by atoms with van der Waals surface area (Å²) in [6.45, 7) is 7.19. The number of anilines is 1. The Kier molecular flexibility index (Phi) is 3.98. The average molecular weight is 283 g/mol. The van der Waals surface area contributed by atoms with Crippen LogP contribution in [0.25, 0.3) is 10.9 Å². The van der Waals surface area contributed by atoms with Crippen molar-refractivity contribution in [1.29, 1.82) is 0 Å². The first-order valence-electron chi connectivity index (χ1n) is 6.06. The number of hydrogen-bond acceptors (Lipinski definition) is 2. The van der Waals surface area contributed by atoms with Gasteiger partial charge in [-0.05, 0) is 36.6 Å². The molecule has 0 aliphatic heterocycles. The van der Waals surface area contributed by atoms with Gasteiger partial charge in [0, 0.05) is 17.0 Å². The molecule has 4 heteroatoms. The average Bonchev–Trinajstić information content (AvgIpc) is 2.27. The first-order chi connectivity index (χ1) is 8.52. The quantitative estimate of drug-likeness (QED) is 0.848. The minimum absolute atomic E-state index is 0.391. The number of nitrogens with one attached hydrogen (secondary N) is 1. The minimum Gasteiger partial charge on any atom is -0.370 e. The van der Waals surface area contributed by atoms with Crippen LogP contribution in [0.2, 0.25) is 10.0 Å².